The van der Waals surface area contributed by atoms with Gasteiger partial charge in [0.1, 0.15) is 5.60 Å². The van der Waals surface area contributed by atoms with Crippen LogP contribution in [0.3, 0.4) is 0 Å². The lowest BCUT2D eigenvalue weighted by Gasteiger charge is -2.23. The van der Waals surface area contributed by atoms with Gasteiger partial charge in [0.25, 0.3) is 0 Å². The first kappa shape index (κ1) is 44.8. The third-order valence-electron chi connectivity index (χ3n) is 7.79. The summed E-state index contributed by atoms with van der Waals surface area (Å²) in [6.07, 6.45) is 8.34. The van der Waals surface area contributed by atoms with E-state index in [9.17, 15) is 14.4 Å². The number of thiophene rings is 2. The molecule has 288 valence electrons. The van der Waals surface area contributed by atoms with E-state index in [4.69, 9.17) is 15.6 Å². The first-order valence-electron chi connectivity index (χ1n) is 16.8. The number of amides is 2. The topological polar surface area (TPSA) is 157 Å². The number of carboxylic acids is 1. The number of benzene rings is 2. The first-order chi connectivity index (χ1) is 24.9. The molecule has 0 saturated heterocycles. The Labute approximate surface area is 326 Å². The third kappa shape index (κ3) is 15.3. The number of nitrogens with two attached hydrogens (primary N) is 1. The molecule has 12 heteroatoms. The molecule has 2 atom stereocenters. The minimum Gasteiger partial charge on any atom is -0.481 e. The Morgan fingerprint density at radius 1 is 0.796 bits per heavy atom. The van der Waals surface area contributed by atoms with E-state index in [1.165, 1.54) is 5.56 Å². The number of anilines is 2. The predicted molar refractivity (Wildman–Crippen MR) is 225 cm³/mol. The average Bonchev–Trinajstić information content (AvgIpc) is 3.85. The standard InChI is InChI=1S/C22H25N3O3S.C9H8N2.C9H12O2S.2CH4/c1-22(2,3)28-21(27)25-19(17-9-11-29-14-17)6-7-20(26)24-18-5-4-16-13-23-10-8-15(16)12-18;10-9-2-1-8-6-11-4-3-7(8)5-9;1-7(2-3-9(10)11)8-4-5-12-6-8;;/h4-5,8-14,19H,6-7H2,1-3H3,(H,24,26)(H,25,27);1-6H,10H2;4-7H,2-3H2,1H3,(H,10,11);2*1H4. The van der Waals surface area contributed by atoms with Gasteiger partial charge in [0, 0.05) is 59.8 Å². The van der Waals surface area contributed by atoms with Crippen molar-refractivity contribution in [2.75, 3.05) is 11.1 Å². The summed E-state index contributed by atoms with van der Waals surface area (Å²) < 4.78 is 5.36. The summed E-state index contributed by atoms with van der Waals surface area (Å²) in [5.41, 5.74) is 8.77. The molecule has 0 fully saturated rings. The maximum Gasteiger partial charge on any atom is 0.408 e. The number of nitrogens with zero attached hydrogens (tertiary/aromatic N) is 2. The fourth-order valence-corrected chi connectivity index (χ4v) is 6.57. The van der Waals surface area contributed by atoms with Crippen LogP contribution in [-0.4, -0.2) is 38.6 Å². The largest absolute Gasteiger partial charge is 0.481 e. The van der Waals surface area contributed by atoms with Crippen molar-refractivity contribution in [1.29, 1.82) is 0 Å². The second-order valence-electron chi connectivity index (χ2n) is 13.2. The molecule has 0 aliphatic heterocycles. The van der Waals surface area contributed by atoms with Gasteiger partial charge in [0.05, 0.1) is 6.04 Å². The van der Waals surface area contributed by atoms with Gasteiger partial charge in [-0.25, -0.2) is 4.79 Å². The summed E-state index contributed by atoms with van der Waals surface area (Å²) in [5, 5.41) is 26.6. The lowest BCUT2D eigenvalue weighted by Crippen LogP contribution is -2.35. The second-order valence-corrected chi connectivity index (χ2v) is 14.7. The summed E-state index contributed by atoms with van der Waals surface area (Å²) in [5.74, 6) is -0.450. The van der Waals surface area contributed by atoms with Crippen LogP contribution in [0.25, 0.3) is 21.5 Å². The maximum atomic E-state index is 12.5. The minimum atomic E-state index is -0.711. The van der Waals surface area contributed by atoms with E-state index in [0.29, 0.717) is 12.3 Å². The fraction of sp³-hybridized carbons (Fsp3) is 0.310. The van der Waals surface area contributed by atoms with Gasteiger partial charge in [-0.15, -0.1) is 0 Å². The molecule has 0 aliphatic carbocycles. The van der Waals surface area contributed by atoms with E-state index in [2.05, 4.69) is 39.0 Å². The van der Waals surface area contributed by atoms with Crippen LogP contribution in [0.2, 0.25) is 0 Å². The molecule has 6 rings (SSSR count). The second kappa shape index (κ2) is 22.0. The van der Waals surface area contributed by atoms with Crippen LogP contribution in [-0.2, 0) is 14.3 Å². The molecule has 4 heterocycles. The number of fused-ring (bicyclic) bond motifs is 2. The molecule has 2 aromatic carbocycles. The Morgan fingerprint density at radius 2 is 1.39 bits per heavy atom. The van der Waals surface area contributed by atoms with Crippen molar-refractivity contribution in [2.45, 2.75) is 85.8 Å². The molecule has 0 bridgehead atoms. The molecule has 0 aliphatic rings. The number of alkyl carbamates (subject to hydrolysis) is 1. The number of hydrogen-bond acceptors (Lipinski definition) is 9. The molecule has 6 aromatic rings. The number of ether oxygens (including phenoxy) is 1. The van der Waals surface area contributed by atoms with E-state index in [-0.39, 0.29) is 39.6 Å². The third-order valence-corrected chi connectivity index (χ3v) is 9.19. The first-order valence-corrected chi connectivity index (χ1v) is 18.7. The minimum absolute atomic E-state index is 0. The molecule has 0 spiro atoms. The normalized spacial score (nSPS) is 11.6. The Balaban J connectivity index is 0.000000331. The zero-order valence-corrected chi connectivity index (χ0v) is 31.4. The fourth-order valence-electron chi connectivity index (χ4n) is 5.07. The summed E-state index contributed by atoms with van der Waals surface area (Å²) in [4.78, 5) is 43.0. The van der Waals surface area contributed by atoms with Gasteiger partial charge < -0.3 is 26.2 Å². The van der Waals surface area contributed by atoms with Gasteiger partial charge in [0.15, 0.2) is 0 Å². The summed E-state index contributed by atoms with van der Waals surface area (Å²) >= 11 is 3.20. The highest BCUT2D eigenvalue weighted by molar-refractivity contribution is 7.08. The number of aromatic nitrogens is 2. The number of nitrogens with one attached hydrogen (secondary N) is 2. The van der Waals surface area contributed by atoms with Crippen molar-refractivity contribution in [3.63, 3.8) is 0 Å². The lowest BCUT2D eigenvalue weighted by molar-refractivity contribution is -0.137. The molecule has 54 heavy (non-hydrogen) atoms. The van der Waals surface area contributed by atoms with Crippen LogP contribution in [0.5, 0.6) is 0 Å². The lowest BCUT2D eigenvalue weighted by atomic mass is 9.99. The summed E-state index contributed by atoms with van der Waals surface area (Å²) in [7, 11) is 0. The predicted octanol–water partition coefficient (Wildman–Crippen LogP) is 11.1. The zero-order valence-electron chi connectivity index (χ0n) is 29.7. The number of rotatable bonds is 10. The Morgan fingerprint density at radius 3 is 1.96 bits per heavy atom. The number of hydrogen-bond donors (Lipinski definition) is 4. The van der Waals surface area contributed by atoms with Crippen LogP contribution in [0, 0.1) is 0 Å². The van der Waals surface area contributed by atoms with Gasteiger partial charge >= 0.3 is 12.1 Å². The van der Waals surface area contributed by atoms with Crippen LogP contribution < -0.4 is 16.4 Å². The van der Waals surface area contributed by atoms with Crippen molar-refractivity contribution in [3.8, 4) is 0 Å². The Hall–Kier alpha value is -5.33. The van der Waals surface area contributed by atoms with Crippen molar-refractivity contribution in [2.24, 2.45) is 0 Å². The van der Waals surface area contributed by atoms with Gasteiger partial charge in [-0.1, -0.05) is 33.9 Å². The van der Waals surface area contributed by atoms with Gasteiger partial charge in [-0.2, -0.15) is 22.7 Å². The van der Waals surface area contributed by atoms with Crippen LogP contribution in [0.4, 0.5) is 16.2 Å². The van der Waals surface area contributed by atoms with E-state index < -0.39 is 17.7 Å². The van der Waals surface area contributed by atoms with E-state index in [0.717, 1.165) is 44.9 Å². The molecule has 0 radical (unpaired) electrons. The molecule has 10 nitrogen and oxygen atoms in total. The number of aliphatic carboxylic acids is 1. The quantitative estimate of drug-likeness (QED) is 0.100. The van der Waals surface area contributed by atoms with Gasteiger partial charge in [-0.3, -0.25) is 19.6 Å². The highest BCUT2D eigenvalue weighted by Crippen LogP contribution is 2.24. The van der Waals surface area contributed by atoms with Crippen LogP contribution in [0.1, 0.15) is 91.3 Å². The number of carboxylic acid groups (broad SMARTS) is 1. The van der Waals surface area contributed by atoms with E-state index in [1.807, 2.05) is 97.7 Å². The molecule has 2 amide bonds. The van der Waals surface area contributed by atoms with Crippen molar-refractivity contribution >= 4 is 73.6 Å². The molecular formula is C42H53N5O5S2. The highest BCUT2D eigenvalue weighted by atomic mass is 32.1. The van der Waals surface area contributed by atoms with Gasteiger partial charge in [-0.05, 0) is 131 Å². The molecule has 2 unspecified atom stereocenters. The molecule has 0 saturated carbocycles. The van der Waals surface area contributed by atoms with Gasteiger partial charge in [0.2, 0.25) is 5.91 Å². The highest BCUT2D eigenvalue weighted by Gasteiger charge is 2.21. The number of nitrogen functional groups attached to an aromatic ring is 1. The molecule has 4 aromatic heterocycles. The van der Waals surface area contributed by atoms with E-state index >= 15 is 0 Å². The smallest absolute Gasteiger partial charge is 0.408 e. The van der Waals surface area contributed by atoms with Crippen molar-refractivity contribution in [3.05, 3.63) is 118 Å². The molecule has 5 N–H and O–H groups in total. The summed E-state index contributed by atoms with van der Waals surface area (Å²) in [6.45, 7) is 7.52. The van der Waals surface area contributed by atoms with Crippen LogP contribution in [0.15, 0.2) is 107 Å². The number of carbonyl (C=O) groups is 3. The zero-order chi connectivity index (χ0) is 37.5. The Kier molecular flexibility index (Phi) is 18.3. The van der Waals surface area contributed by atoms with Crippen molar-refractivity contribution in [1.82, 2.24) is 15.3 Å². The maximum absolute atomic E-state index is 12.5. The van der Waals surface area contributed by atoms with E-state index in [1.54, 1.807) is 41.3 Å². The Bertz CT molecular complexity index is 2030. The summed E-state index contributed by atoms with van der Waals surface area (Å²) in [6, 6.07) is 19.1. The number of pyridine rings is 2. The monoisotopic (exact) mass is 771 g/mol. The number of carbonyl (C=O) groups excluding carboxylic acids is 2. The molecular weight excluding hydrogens is 719 g/mol. The van der Waals surface area contributed by atoms with Crippen molar-refractivity contribution < 1.29 is 24.2 Å². The SMILES string of the molecule is C.C.CC(C)(C)OC(=O)NC(CCC(=O)Nc1ccc2cnccc2c1)c1ccsc1.CC(CCC(=O)O)c1ccsc1.Nc1ccc2cnccc2c1. The van der Waals surface area contributed by atoms with Crippen LogP contribution >= 0.6 is 22.7 Å². The average molecular weight is 772 g/mol.